The first-order chi connectivity index (χ1) is 9.45. The number of benzene rings is 1. The Bertz CT molecular complexity index is 659. The molecule has 2 aromatic rings. The van der Waals surface area contributed by atoms with Crippen LogP contribution < -0.4 is 0 Å². The van der Waals surface area contributed by atoms with Crippen molar-refractivity contribution in [1.29, 1.82) is 0 Å². The minimum absolute atomic E-state index is 0.0858. The molecule has 0 unspecified atom stereocenters. The molecule has 0 aliphatic carbocycles. The van der Waals surface area contributed by atoms with Crippen LogP contribution in [0.2, 0.25) is 5.02 Å². The maximum absolute atomic E-state index is 12.5. The summed E-state index contributed by atoms with van der Waals surface area (Å²) < 4.78 is 1.81. The van der Waals surface area contributed by atoms with Gasteiger partial charge >= 0.3 is 0 Å². The number of nitrogens with zero attached hydrogens (tertiary/aromatic N) is 2. The lowest BCUT2D eigenvalue weighted by molar-refractivity contribution is 0.0990. The summed E-state index contributed by atoms with van der Waals surface area (Å²) in [5, 5.41) is 4.95. The number of carbonyl (C=O) groups is 1. The molecule has 0 aliphatic heterocycles. The normalized spacial score (nSPS) is 10.8. The van der Waals surface area contributed by atoms with Crippen LogP contribution in [0.25, 0.3) is 0 Å². The topological polar surface area (TPSA) is 34.9 Å². The highest BCUT2D eigenvalue weighted by molar-refractivity contribution is 6.32. The number of halogens is 1. The van der Waals surface area contributed by atoms with Gasteiger partial charge < -0.3 is 0 Å². The average molecular weight is 291 g/mol. The molecule has 0 saturated heterocycles. The fraction of sp³-hybridized carbons (Fsp3) is 0.375. The zero-order valence-electron chi connectivity index (χ0n) is 12.3. The molecule has 0 bridgehead atoms. The molecule has 0 spiro atoms. The molecule has 4 heteroatoms. The molecular formula is C16H19ClN2O. The van der Waals surface area contributed by atoms with Crippen molar-refractivity contribution in [2.45, 2.75) is 40.7 Å². The van der Waals surface area contributed by atoms with E-state index in [1.165, 1.54) is 0 Å². The van der Waals surface area contributed by atoms with Gasteiger partial charge in [0.25, 0.3) is 0 Å². The largest absolute Gasteiger partial charge is 0.294 e. The Kier molecular flexibility index (Phi) is 4.29. The van der Waals surface area contributed by atoms with Gasteiger partial charge in [-0.2, -0.15) is 5.10 Å². The Labute approximate surface area is 124 Å². The Morgan fingerprint density at radius 2 is 2.00 bits per heavy atom. The Morgan fingerprint density at radius 3 is 2.65 bits per heavy atom. The molecule has 106 valence electrons. The fourth-order valence-electron chi connectivity index (χ4n) is 2.34. The lowest BCUT2D eigenvalue weighted by atomic mass is 9.98. The lowest BCUT2D eigenvalue weighted by Gasteiger charge is -2.09. The minimum atomic E-state index is 0.0858. The number of hydrogen-bond acceptors (Lipinski definition) is 2. The van der Waals surface area contributed by atoms with Crippen LogP contribution in [0.3, 0.4) is 0 Å². The molecule has 3 nitrogen and oxygen atoms in total. The molecular weight excluding hydrogens is 272 g/mol. The fourth-order valence-corrected chi connectivity index (χ4v) is 2.54. The Hall–Kier alpha value is -1.61. The van der Waals surface area contributed by atoms with Gasteiger partial charge in [-0.05, 0) is 38.8 Å². The molecule has 0 N–H and O–H groups in total. The van der Waals surface area contributed by atoms with Crippen LogP contribution >= 0.6 is 11.6 Å². The van der Waals surface area contributed by atoms with Gasteiger partial charge in [0.15, 0.2) is 5.78 Å². The predicted octanol–water partition coefficient (Wildman–Crippen LogP) is 3.91. The molecule has 0 fully saturated rings. The van der Waals surface area contributed by atoms with E-state index in [0.29, 0.717) is 11.6 Å². The standard InChI is InChI=1S/C16H19ClN2O/c1-5-19-14(16(17)12(4)18-19)9-15(20)13-8-6-7-10(2)11(13)3/h6-8H,5,9H2,1-4H3. The molecule has 0 atom stereocenters. The van der Waals surface area contributed by atoms with Gasteiger partial charge in [-0.25, -0.2) is 0 Å². The Balaban J connectivity index is 2.35. The van der Waals surface area contributed by atoms with Crippen molar-refractivity contribution in [2.75, 3.05) is 0 Å². The highest BCUT2D eigenvalue weighted by atomic mass is 35.5. The number of carbonyl (C=O) groups excluding carboxylic acids is 1. The van der Waals surface area contributed by atoms with Gasteiger partial charge in [0.05, 0.1) is 22.8 Å². The van der Waals surface area contributed by atoms with Gasteiger partial charge in [0.2, 0.25) is 0 Å². The van der Waals surface area contributed by atoms with E-state index in [1.807, 2.05) is 45.9 Å². The van der Waals surface area contributed by atoms with E-state index in [4.69, 9.17) is 11.6 Å². The highest BCUT2D eigenvalue weighted by Crippen LogP contribution is 2.23. The molecule has 1 heterocycles. The van der Waals surface area contributed by atoms with Crippen LogP contribution in [-0.2, 0) is 13.0 Å². The van der Waals surface area contributed by atoms with E-state index in [0.717, 1.165) is 28.1 Å². The first kappa shape index (κ1) is 14.8. The van der Waals surface area contributed by atoms with Gasteiger partial charge in [0, 0.05) is 12.1 Å². The van der Waals surface area contributed by atoms with E-state index >= 15 is 0 Å². The number of Topliss-reactive ketones (excluding diaryl/α,β-unsaturated/α-hetero) is 1. The summed E-state index contributed by atoms with van der Waals surface area (Å²) in [6.45, 7) is 8.56. The third-order valence-corrected chi connectivity index (χ3v) is 4.18. The summed E-state index contributed by atoms with van der Waals surface area (Å²) in [4.78, 5) is 12.5. The zero-order chi connectivity index (χ0) is 14.9. The Morgan fingerprint density at radius 1 is 1.30 bits per heavy atom. The van der Waals surface area contributed by atoms with Crippen LogP contribution in [0.15, 0.2) is 18.2 Å². The molecule has 2 rings (SSSR count). The van der Waals surface area contributed by atoms with Gasteiger partial charge in [-0.1, -0.05) is 29.8 Å². The van der Waals surface area contributed by atoms with Gasteiger partial charge in [-0.15, -0.1) is 0 Å². The van der Waals surface area contributed by atoms with Crippen LogP contribution in [0, 0.1) is 20.8 Å². The summed E-state index contributed by atoms with van der Waals surface area (Å²) in [7, 11) is 0. The van der Waals surface area contributed by atoms with Gasteiger partial charge in [0.1, 0.15) is 0 Å². The molecule has 0 radical (unpaired) electrons. The lowest BCUT2D eigenvalue weighted by Crippen LogP contribution is -2.11. The maximum atomic E-state index is 12.5. The van der Waals surface area contributed by atoms with Crippen molar-refractivity contribution in [2.24, 2.45) is 0 Å². The van der Waals surface area contributed by atoms with E-state index in [1.54, 1.807) is 4.68 Å². The number of aromatic nitrogens is 2. The first-order valence-electron chi connectivity index (χ1n) is 6.76. The second-order valence-corrected chi connectivity index (χ2v) is 5.39. The smallest absolute Gasteiger partial charge is 0.169 e. The summed E-state index contributed by atoms with van der Waals surface area (Å²) >= 11 is 6.26. The van der Waals surface area contributed by atoms with E-state index in [2.05, 4.69) is 5.10 Å². The molecule has 0 amide bonds. The monoisotopic (exact) mass is 290 g/mol. The zero-order valence-corrected chi connectivity index (χ0v) is 13.1. The van der Waals surface area contributed by atoms with Crippen LogP contribution in [-0.4, -0.2) is 15.6 Å². The van der Waals surface area contributed by atoms with Crippen molar-refractivity contribution in [3.05, 3.63) is 51.3 Å². The van der Waals surface area contributed by atoms with Crippen molar-refractivity contribution < 1.29 is 4.79 Å². The van der Waals surface area contributed by atoms with Crippen molar-refractivity contribution in [1.82, 2.24) is 9.78 Å². The first-order valence-corrected chi connectivity index (χ1v) is 7.14. The minimum Gasteiger partial charge on any atom is -0.294 e. The molecule has 20 heavy (non-hydrogen) atoms. The average Bonchev–Trinajstić information content (AvgIpc) is 2.69. The third-order valence-electron chi connectivity index (χ3n) is 3.69. The number of hydrogen-bond donors (Lipinski definition) is 0. The SMILES string of the molecule is CCn1nc(C)c(Cl)c1CC(=O)c1cccc(C)c1C. The third kappa shape index (κ3) is 2.63. The van der Waals surface area contributed by atoms with E-state index < -0.39 is 0 Å². The summed E-state index contributed by atoms with van der Waals surface area (Å²) in [6, 6.07) is 5.80. The molecule has 0 aliphatic rings. The number of rotatable bonds is 4. The molecule has 1 aromatic carbocycles. The van der Waals surface area contributed by atoms with Crippen LogP contribution in [0.4, 0.5) is 0 Å². The number of ketones is 1. The summed E-state index contributed by atoms with van der Waals surface area (Å²) in [5.41, 5.74) is 4.51. The predicted molar refractivity (Wildman–Crippen MR) is 81.6 cm³/mol. The summed E-state index contributed by atoms with van der Waals surface area (Å²) in [6.07, 6.45) is 0.289. The quantitative estimate of drug-likeness (QED) is 0.800. The van der Waals surface area contributed by atoms with Crippen molar-refractivity contribution >= 4 is 17.4 Å². The maximum Gasteiger partial charge on any atom is 0.169 e. The second-order valence-electron chi connectivity index (χ2n) is 5.01. The van der Waals surface area contributed by atoms with Crippen LogP contribution in [0.1, 0.15) is 39.8 Å². The molecule has 1 aromatic heterocycles. The van der Waals surface area contributed by atoms with Crippen LogP contribution in [0.5, 0.6) is 0 Å². The highest BCUT2D eigenvalue weighted by Gasteiger charge is 2.18. The van der Waals surface area contributed by atoms with Crippen molar-refractivity contribution in [3.8, 4) is 0 Å². The van der Waals surface area contributed by atoms with E-state index in [9.17, 15) is 4.79 Å². The molecule has 0 saturated carbocycles. The van der Waals surface area contributed by atoms with E-state index in [-0.39, 0.29) is 12.2 Å². The van der Waals surface area contributed by atoms with Crippen molar-refractivity contribution in [3.63, 3.8) is 0 Å². The number of aryl methyl sites for hydroxylation is 3. The second kappa shape index (κ2) is 5.80. The van der Waals surface area contributed by atoms with Gasteiger partial charge in [-0.3, -0.25) is 9.48 Å². The summed E-state index contributed by atoms with van der Waals surface area (Å²) in [5.74, 6) is 0.0858.